The minimum Gasteiger partial charge on any atom is -0.383 e. The maximum atomic E-state index is 2.17. The van der Waals surface area contributed by atoms with E-state index >= 15 is 0 Å². The van der Waals surface area contributed by atoms with Gasteiger partial charge in [-0.2, -0.15) is 0 Å². The molecule has 0 fully saturated rings. The van der Waals surface area contributed by atoms with Gasteiger partial charge in [-0.1, -0.05) is 12.2 Å². The molecular formula is C11H23N3. The fourth-order valence-corrected chi connectivity index (χ4v) is 1.19. The lowest BCUT2D eigenvalue weighted by Crippen LogP contribution is -2.38. The molecule has 0 radical (unpaired) electrons. The molecule has 0 aliphatic heterocycles. The van der Waals surface area contributed by atoms with Crippen LogP contribution in [0.5, 0.6) is 0 Å². The SMILES string of the molecule is CN(C)/C=C/C=C/C(N(C)C)N(C)C. The van der Waals surface area contributed by atoms with Crippen molar-refractivity contribution in [2.75, 3.05) is 42.3 Å². The van der Waals surface area contributed by atoms with Gasteiger partial charge in [0.05, 0.1) is 6.17 Å². The smallest absolute Gasteiger partial charge is 0.0808 e. The van der Waals surface area contributed by atoms with Crippen molar-refractivity contribution in [3.8, 4) is 0 Å². The first kappa shape index (κ1) is 13.2. The number of nitrogens with zero attached hydrogens (tertiary/aromatic N) is 3. The van der Waals surface area contributed by atoms with Crippen LogP contribution >= 0.6 is 0 Å². The van der Waals surface area contributed by atoms with Crippen molar-refractivity contribution in [1.82, 2.24) is 14.7 Å². The second-order valence-electron chi connectivity index (χ2n) is 4.03. The first-order valence-corrected chi connectivity index (χ1v) is 4.79. The summed E-state index contributed by atoms with van der Waals surface area (Å²) < 4.78 is 0. The lowest BCUT2D eigenvalue weighted by atomic mass is 10.3. The molecule has 0 bridgehead atoms. The Morgan fingerprint density at radius 3 is 1.64 bits per heavy atom. The van der Waals surface area contributed by atoms with Crippen LogP contribution in [0.4, 0.5) is 0 Å². The van der Waals surface area contributed by atoms with E-state index in [0.29, 0.717) is 6.17 Å². The molecule has 82 valence electrons. The number of rotatable bonds is 5. The van der Waals surface area contributed by atoms with Gasteiger partial charge in [-0.3, -0.25) is 9.80 Å². The zero-order valence-electron chi connectivity index (χ0n) is 10.2. The summed E-state index contributed by atoms with van der Waals surface area (Å²) in [5.41, 5.74) is 0. The van der Waals surface area contributed by atoms with E-state index in [2.05, 4.69) is 50.1 Å². The maximum Gasteiger partial charge on any atom is 0.0808 e. The molecule has 3 heteroatoms. The van der Waals surface area contributed by atoms with Crippen LogP contribution in [-0.2, 0) is 0 Å². The van der Waals surface area contributed by atoms with Crippen molar-refractivity contribution in [2.24, 2.45) is 0 Å². The van der Waals surface area contributed by atoms with Gasteiger partial charge < -0.3 is 4.90 Å². The third kappa shape index (κ3) is 5.78. The second-order valence-corrected chi connectivity index (χ2v) is 4.03. The molecule has 0 aromatic heterocycles. The van der Waals surface area contributed by atoms with E-state index in [1.54, 1.807) is 0 Å². The van der Waals surface area contributed by atoms with Gasteiger partial charge in [0.25, 0.3) is 0 Å². The molecule has 0 saturated heterocycles. The molecule has 0 aromatic rings. The summed E-state index contributed by atoms with van der Waals surface area (Å²) in [4.78, 5) is 6.35. The largest absolute Gasteiger partial charge is 0.383 e. The van der Waals surface area contributed by atoms with E-state index < -0.39 is 0 Å². The van der Waals surface area contributed by atoms with E-state index in [0.717, 1.165) is 0 Å². The molecule has 0 spiro atoms. The Bertz CT molecular complexity index is 185. The standard InChI is InChI=1S/C11H23N3/c1-12(2)10-8-7-9-11(13(3)4)14(5)6/h7-11H,1-6H3/b9-7+,10-8+. The highest BCUT2D eigenvalue weighted by Gasteiger charge is 2.07. The minimum atomic E-state index is 0.349. The molecule has 0 atom stereocenters. The van der Waals surface area contributed by atoms with Crippen LogP contribution in [0.15, 0.2) is 24.4 Å². The van der Waals surface area contributed by atoms with Crippen molar-refractivity contribution in [2.45, 2.75) is 6.17 Å². The van der Waals surface area contributed by atoms with Crippen LogP contribution < -0.4 is 0 Å². The summed E-state index contributed by atoms with van der Waals surface area (Å²) in [6, 6.07) is 0. The van der Waals surface area contributed by atoms with E-state index in [1.807, 2.05) is 31.3 Å². The van der Waals surface area contributed by atoms with Gasteiger partial charge in [-0.05, 0) is 40.5 Å². The van der Waals surface area contributed by atoms with Gasteiger partial charge in [0.1, 0.15) is 0 Å². The topological polar surface area (TPSA) is 9.72 Å². The molecule has 14 heavy (non-hydrogen) atoms. The first-order valence-electron chi connectivity index (χ1n) is 4.79. The normalized spacial score (nSPS) is 12.9. The highest BCUT2D eigenvalue weighted by molar-refractivity contribution is 5.05. The Kier molecular flexibility index (Phi) is 6.25. The molecule has 0 N–H and O–H groups in total. The lowest BCUT2D eigenvalue weighted by molar-refractivity contribution is 0.174. The molecule has 0 rings (SSSR count). The fourth-order valence-electron chi connectivity index (χ4n) is 1.19. The Morgan fingerprint density at radius 1 is 0.786 bits per heavy atom. The van der Waals surface area contributed by atoms with E-state index in [-0.39, 0.29) is 0 Å². The molecule has 0 unspecified atom stereocenters. The molecule has 3 nitrogen and oxygen atoms in total. The summed E-state index contributed by atoms with van der Waals surface area (Å²) >= 11 is 0. The van der Waals surface area contributed by atoms with Gasteiger partial charge in [0.15, 0.2) is 0 Å². The summed E-state index contributed by atoms with van der Waals surface area (Å²) in [6.45, 7) is 0. The predicted octanol–water partition coefficient (Wildman–Crippen LogP) is 1.07. The Hall–Kier alpha value is -0.800. The van der Waals surface area contributed by atoms with Gasteiger partial charge >= 0.3 is 0 Å². The monoisotopic (exact) mass is 197 g/mol. The van der Waals surface area contributed by atoms with Crippen molar-refractivity contribution < 1.29 is 0 Å². The second kappa shape index (κ2) is 6.62. The van der Waals surface area contributed by atoms with Crippen molar-refractivity contribution in [1.29, 1.82) is 0 Å². The third-order valence-corrected chi connectivity index (χ3v) is 1.84. The van der Waals surface area contributed by atoms with Crippen molar-refractivity contribution >= 4 is 0 Å². The third-order valence-electron chi connectivity index (χ3n) is 1.84. The Morgan fingerprint density at radius 2 is 1.29 bits per heavy atom. The lowest BCUT2D eigenvalue weighted by Gasteiger charge is -2.27. The van der Waals surface area contributed by atoms with E-state index in [9.17, 15) is 0 Å². The summed E-state index contributed by atoms with van der Waals surface area (Å²) in [7, 11) is 12.3. The van der Waals surface area contributed by atoms with E-state index in [1.165, 1.54) is 0 Å². The van der Waals surface area contributed by atoms with Crippen molar-refractivity contribution in [3.63, 3.8) is 0 Å². The maximum absolute atomic E-state index is 2.17. The van der Waals surface area contributed by atoms with Gasteiger partial charge in [-0.25, -0.2) is 0 Å². The molecule has 0 amide bonds. The first-order chi connectivity index (χ1) is 6.45. The highest BCUT2D eigenvalue weighted by Crippen LogP contribution is 1.98. The van der Waals surface area contributed by atoms with Crippen LogP contribution in [-0.4, -0.2) is 63.2 Å². The predicted molar refractivity (Wildman–Crippen MR) is 63.1 cm³/mol. The average molecular weight is 197 g/mol. The van der Waals surface area contributed by atoms with Crippen molar-refractivity contribution in [3.05, 3.63) is 24.4 Å². The Labute approximate surface area is 88.3 Å². The van der Waals surface area contributed by atoms with E-state index in [4.69, 9.17) is 0 Å². The van der Waals surface area contributed by atoms with Crippen LogP contribution in [0.3, 0.4) is 0 Å². The Balaban J connectivity index is 4.16. The summed E-state index contributed by atoms with van der Waals surface area (Å²) in [5.74, 6) is 0. The van der Waals surface area contributed by atoms with Crippen LogP contribution in [0.25, 0.3) is 0 Å². The quantitative estimate of drug-likeness (QED) is 0.482. The van der Waals surface area contributed by atoms with Gasteiger partial charge in [-0.15, -0.1) is 0 Å². The van der Waals surface area contributed by atoms with Gasteiger partial charge in [0.2, 0.25) is 0 Å². The zero-order valence-corrected chi connectivity index (χ0v) is 10.2. The molecular weight excluding hydrogens is 174 g/mol. The average Bonchev–Trinajstić information content (AvgIpc) is 2.01. The molecule has 0 saturated carbocycles. The summed E-state index contributed by atoms with van der Waals surface area (Å²) in [6.07, 6.45) is 8.66. The highest BCUT2D eigenvalue weighted by atomic mass is 15.3. The van der Waals surface area contributed by atoms with Crippen LogP contribution in [0.2, 0.25) is 0 Å². The number of likely N-dealkylation sites (N-methyl/N-ethyl adjacent to an activating group) is 2. The zero-order chi connectivity index (χ0) is 11.1. The fraction of sp³-hybridized carbons (Fsp3) is 0.636. The molecule has 0 aromatic carbocycles. The number of hydrogen-bond donors (Lipinski definition) is 0. The van der Waals surface area contributed by atoms with Crippen LogP contribution in [0.1, 0.15) is 0 Å². The molecule has 0 aliphatic carbocycles. The number of hydrogen-bond acceptors (Lipinski definition) is 3. The minimum absolute atomic E-state index is 0.349. The summed E-state index contributed by atoms with van der Waals surface area (Å²) in [5, 5.41) is 0. The van der Waals surface area contributed by atoms with Gasteiger partial charge in [0, 0.05) is 14.1 Å². The molecule has 0 aliphatic rings. The molecule has 0 heterocycles. The number of allylic oxidation sites excluding steroid dienone is 2. The van der Waals surface area contributed by atoms with Crippen LogP contribution in [0, 0.1) is 0 Å².